The van der Waals surface area contributed by atoms with Gasteiger partial charge in [0.15, 0.2) is 0 Å². The van der Waals surface area contributed by atoms with Crippen LogP contribution in [-0.2, 0) is 21.5 Å². The highest BCUT2D eigenvalue weighted by Crippen LogP contribution is 2.33. The van der Waals surface area contributed by atoms with E-state index in [1.807, 2.05) is 11.8 Å². The molecule has 2 aromatic rings. The molecule has 0 spiro atoms. The molecule has 2 aliphatic rings. The zero-order valence-corrected chi connectivity index (χ0v) is 20.3. The van der Waals surface area contributed by atoms with Gasteiger partial charge in [-0.15, -0.1) is 0 Å². The van der Waals surface area contributed by atoms with Crippen molar-refractivity contribution < 1.29 is 27.0 Å². The summed E-state index contributed by atoms with van der Waals surface area (Å²) in [5, 5.41) is 8.99. The van der Waals surface area contributed by atoms with Crippen LogP contribution in [0.1, 0.15) is 32.1 Å². The van der Waals surface area contributed by atoms with E-state index < -0.39 is 27.3 Å². The van der Waals surface area contributed by atoms with Crippen molar-refractivity contribution in [1.29, 1.82) is 0 Å². The second-order valence-corrected chi connectivity index (χ2v) is 11.4. The molecule has 4 N–H and O–H groups in total. The number of benzene rings is 1. The summed E-state index contributed by atoms with van der Waals surface area (Å²) in [6.45, 7) is -0.0781. The number of nitrogens with one attached hydrogen (secondary N) is 3. The monoisotopic (exact) mass is 526 g/mol. The SMILES string of the molecule is O=C(CCCCC1SCC2NC(=O)NC21)Nc1ccc2c(c1)c(=O)oc(=O)n2CCCS(=O)(=O)O. The molecule has 4 rings (SSSR count). The van der Waals surface area contributed by atoms with E-state index in [4.69, 9.17) is 8.97 Å². The van der Waals surface area contributed by atoms with Gasteiger partial charge < -0.3 is 20.4 Å². The minimum absolute atomic E-state index is 0.0519. The lowest BCUT2D eigenvalue weighted by Gasteiger charge is -2.16. The minimum atomic E-state index is -4.19. The Hall–Kier alpha value is -2.84. The van der Waals surface area contributed by atoms with Crippen LogP contribution in [0.5, 0.6) is 0 Å². The summed E-state index contributed by atoms with van der Waals surface area (Å²) >= 11 is 1.83. The molecular weight excluding hydrogens is 500 g/mol. The first kappa shape index (κ1) is 25.3. The zero-order chi connectivity index (χ0) is 25.2. The van der Waals surface area contributed by atoms with Gasteiger partial charge in [-0.2, -0.15) is 20.2 Å². The van der Waals surface area contributed by atoms with Gasteiger partial charge in [0.05, 0.1) is 28.7 Å². The molecule has 14 heteroatoms. The number of fused-ring (bicyclic) bond motifs is 2. The molecule has 0 aliphatic carbocycles. The van der Waals surface area contributed by atoms with Gasteiger partial charge in [0.25, 0.3) is 10.1 Å². The Kier molecular flexibility index (Phi) is 7.52. The van der Waals surface area contributed by atoms with Crippen molar-refractivity contribution in [1.82, 2.24) is 15.2 Å². The predicted molar refractivity (Wildman–Crippen MR) is 130 cm³/mol. The van der Waals surface area contributed by atoms with Gasteiger partial charge in [-0.3, -0.25) is 13.9 Å². The maximum Gasteiger partial charge on any atom is 0.422 e. The molecule has 3 heterocycles. The summed E-state index contributed by atoms with van der Waals surface area (Å²) < 4.78 is 36.6. The van der Waals surface area contributed by atoms with Gasteiger partial charge in [-0.05, 0) is 37.5 Å². The number of carbonyl (C=O) groups is 2. The largest absolute Gasteiger partial charge is 0.422 e. The van der Waals surface area contributed by atoms with Crippen LogP contribution in [0.3, 0.4) is 0 Å². The molecule has 2 aliphatic heterocycles. The van der Waals surface area contributed by atoms with Crippen LogP contribution in [0.15, 0.2) is 32.2 Å². The quantitative estimate of drug-likeness (QED) is 0.199. The summed E-state index contributed by atoms with van der Waals surface area (Å²) in [5.41, 5.74) is -0.264. The summed E-state index contributed by atoms with van der Waals surface area (Å²) in [7, 11) is -4.19. The average molecular weight is 527 g/mol. The molecule has 3 unspecified atom stereocenters. The lowest BCUT2D eigenvalue weighted by Crippen LogP contribution is -2.36. The van der Waals surface area contributed by atoms with E-state index in [2.05, 4.69) is 16.0 Å². The van der Waals surface area contributed by atoms with E-state index in [0.717, 1.165) is 23.2 Å². The smallest absolute Gasteiger partial charge is 0.372 e. The molecule has 190 valence electrons. The third-order valence-electron chi connectivity index (χ3n) is 6.06. The van der Waals surface area contributed by atoms with Gasteiger partial charge in [-0.25, -0.2) is 14.4 Å². The number of aromatic nitrogens is 1. The minimum Gasteiger partial charge on any atom is -0.372 e. The Balaban J connectivity index is 1.32. The fraction of sp³-hybridized carbons (Fsp3) is 0.524. The lowest BCUT2D eigenvalue weighted by molar-refractivity contribution is -0.116. The average Bonchev–Trinajstić information content (AvgIpc) is 3.32. The first-order valence-corrected chi connectivity index (χ1v) is 13.9. The number of hydrogen-bond donors (Lipinski definition) is 4. The van der Waals surface area contributed by atoms with Crippen LogP contribution in [0, 0.1) is 0 Å². The van der Waals surface area contributed by atoms with Crippen molar-refractivity contribution in [2.45, 2.75) is 56.0 Å². The fourth-order valence-electron chi connectivity index (χ4n) is 4.41. The van der Waals surface area contributed by atoms with Crippen molar-refractivity contribution in [2.75, 3.05) is 16.8 Å². The van der Waals surface area contributed by atoms with Crippen LogP contribution in [0.4, 0.5) is 10.5 Å². The van der Waals surface area contributed by atoms with Crippen LogP contribution >= 0.6 is 11.8 Å². The molecule has 12 nitrogen and oxygen atoms in total. The maximum absolute atomic E-state index is 12.4. The maximum atomic E-state index is 12.4. The van der Waals surface area contributed by atoms with Crippen molar-refractivity contribution in [2.24, 2.45) is 0 Å². The third-order valence-corrected chi connectivity index (χ3v) is 8.37. The molecule has 3 atom stereocenters. The molecular formula is C21H26N4O8S2. The number of unbranched alkanes of at least 4 members (excludes halogenated alkanes) is 1. The van der Waals surface area contributed by atoms with Crippen LogP contribution in [0.25, 0.3) is 10.9 Å². The highest BCUT2D eigenvalue weighted by Gasteiger charge is 2.42. The molecule has 3 amide bonds. The van der Waals surface area contributed by atoms with Gasteiger partial charge in [-0.1, -0.05) is 6.42 Å². The van der Waals surface area contributed by atoms with Gasteiger partial charge in [0.2, 0.25) is 5.91 Å². The summed E-state index contributed by atoms with van der Waals surface area (Å²) in [6, 6.07) is 4.62. The molecule has 2 saturated heterocycles. The van der Waals surface area contributed by atoms with Gasteiger partial charge in [0.1, 0.15) is 0 Å². The Morgan fingerprint density at radius 2 is 2.00 bits per heavy atom. The van der Waals surface area contributed by atoms with E-state index in [9.17, 15) is 27.6 Å². The first-order chi connectivity index (χ1) is 16.6. The topological polar surface area (TPSA) is 177 Å². The predicted octanol–water partition coefficient (Wildman–Crippen LogP) is 0.897. The highest BCUT2D eigenvalue weighted by atomic mass is 32.2. The molecule has 1 aromatic heterocycles. The number of thioether (sulfide) groups is 1. The Labute approximate surface area is 204 Å². The normalized spacial score (nSPS) is 21.5. The number of nitrogens with zero attached hydrogens (tertiary/aromatic N) is 1. The summed E-state index contributed by atoms with van der Waals surface area (Å²) in [5.74, 6) is -0.809. The Morgan fingerprint density at radius 1 is 1.20 bits per heavy atom. The number of amides is 3. The van der Waals surface area contributed by atoms with Gasteiger partial charge >= 0.3 is 17.4 Å². The zero-order valence-electron chi connectivity index (χ0n) is 18.7. The van der Waals surface area contributed by atoms with E-state index >= 15 is 0 Å². The summed E-state index contributed by atoms with van der Waals surface area (Å²) in [6.07, 6.45) is 2.64. The second kappa shape index (κ2) is 10.4. The van der Waals surface area contributed by atoms with E-state index in [0.29, 0.717) is 17.4 Å². The highest BCUT2D eigenvalue weighted by molar-refractivity contribution is 8.00. The third kappa shape index (κ3) is 6.24. The van der Waals surface area contributed by atoms with Crippen LogP contribution < -0.4 is 27.3 Å². The molecule has 0 radical (unpaired) electrons. The van der Waals surface area contributed by atoms with Gasteiger partial charge in [0, 0.05) is 29.7 Å². The molecule has 1 aromatic carbocycles. The molecule has 0 saturated carbocycles. The van der Waals surface area contributed by atoms with Crippen LogP contribution in [0.2, 0.25) is 0 Å². The Bertz CT molecular complexity index is 1350. The second-order valence-electron chi connectivity index (χ2n) is 8.59. The number of aryl methyl sites for hydroxylation is 1. The van der Waals surface area contributed by atoms with Crippen molar-refractivity contribution in [3.8, 4) is 0 Å². The van der Waals surface area contributed by atoms with Crippen molar-refractivity contribution >= 4 is 50.4 Å². The summed E-state index contributed by atoms with van der Waals surface area (Å²) in [4.78, 5) is 48.1. The van der Waals surface area contributed by atoms with Crippen molar-refractivity contribution in [3.63, 3.8) is 0 Å². The molecule has 2 fully saturated rings. The molecule has 0 bridgehead atoms. The number of carbonyl (C=O) groups excluding carboxylic acids is 2. The molecule has 35 heavy (non-hydrogen) atoms. The van der Waals surface area contributed by atoms with E-state index in [1.165, 1.54) is 12.1 Å². The first-order valence-electron chi connectivity index (χ1n) is 11.2. The van der Waals surface area contributed by atoms with E-state index in [-0.39, 0.29) is 54.3 Å². The number of urea groups is 1. The Morgan fingerprint density at radius 3 is 2.77 bits per heavy atom. The lowest BCUT2D eigenvalue weighted by atomic mass is 10.0. The number of rotatable bonds is 10. The number of hydrogen-bond acceptors (Lipinski definition) is 8. The van der Waals surface area contributed by atoms with E-state index in [1.54, 1.807) is 6.07 Å². The van der Waals surface area contributed by atoms with Crippen LogP contribution in [-0.4, -0.2) is 58.3 Å². The fourth-order valence-corrected chi connectivity index (χ4v) is 6.45. The van der Waals surface area contributed by atoms with Crippen molar-refractivity contribution in [3.05, 3.63) is 39.2 Å². The standard InChI is InChI=1S/C21H26N4O8S2/c26-17(5-2-1-4-16-18-14(11-34-16)23-20(28)24-18)22-12-6-7-15-13(10-12)19(27)33-21(29)25(15)8-3-9-35(30,31)32/h6-7,10,14,16,18H,1-5,8-9,11H2,(H,22,26)(H2,23,24,28)(H,30,31,32). The number of anilines is 1.